The molecular weight excluding hydrogens is 506 g/mol. The molecule has 0 aliphatic carbocycles. The Bertz CT molecular complexity index is 1630. The van der Waals surface area contributed by atoms with Crippen LogP contribution in [0.4, 0.5) is 11.4 Å². The van der Waals surface area contributed by atoms with Crippen molar-refractivity contribution in [1.29, 1.82) is 0 Å². The number of carbonyl (C=O) groups is 1. The lowest BCUT2D eigenvalue weighted by Gasteiger charge is -2.19. The molecule has 0 bridgehead atoms. The Morgan fingerprint density at radius 3 is 2.60 bits per heavy atom. The van der Waals surface area contributed by atoms with Crippen LogP contribution >= 0.6 is 22.9 Å². The third kappa shape index (κ3) is 4.59. The molecule has 1 saturated heterocycles. The van der Waals surface area contributed by atoms with Crippen LogP contribution in [0.1, 0.15) is 24.0 Å². The fourth-order valence-corrected chi connectivity index (χ4v) is 6.52. The number of aryl methyl sites for hydroxylation is 1. The van der Waals surface area contributed by atoms with E-state index in [4.69, 9.17) is 11.6 Å². The normalized spacial score (nSPS) is 14.1. The summed E-state index contributed by atoms with van der Waals surface area (Å²) in [5, 5.41) is 0.565. The first-order valence-corrected chi connectivity index (χ1v) is 13.7. The first-order valence-electron chi connectivity index (χ1n) is 11.0. The minimum absolute atomic E-state index is 0.0368. The summed E-state index contributed by atoms with van der Waals surface area (Å²) in [6, 6.07) is 17.1. The van der Waals surface area contributed by atoms with Gasteiger partial charge in [0, 0.05) is 23.7 Å². The van der Waals surface area contributed by atoms with Crippen LogP contribution in [0.3, 0.4) is 0 Å². The van der Waals surface area contributed by atoms with Crippen LogP contribution in [0.5, 0.6) is 0 Å². The first kappa shape index (κ1) is 23.6. The van der Waals surface area contributed by atoms with Crippen molar-refractivity contribution in [2.75, 3.05) is 16.2 Å². The average Bonchev–Trinajstić information content (AvgIpc) is 3.38. The summed E-state index contributed by atoms with van der Waals surface area (Å²) in [6.45, 7) is 2.81. The number of hydrogen-bond donors (Lipinski definition) is 1. The third-order valence-electron chi connectivity index (χ3n) is 6.06. The number of thiazole rings is 1. The van der Waals surface area contributed by atoms with Gasteiger partial charge in [-0.2, -0.15) is 0 Å². The summed E-state index contributed by atoms with van der Waals surface area (Å²) >= 11 is 7.25. The molecule has 1 N–H and O–H groups in total. The Hall–Kier alpha value is -3.14. The molecule has 3 aromatic carbocycles. The standard InChI is InChI=1S/C25H22ClN3O4S2/c1-16-8-9-18(13-22(16)28-12-4-7-24(28)30)27-35(32,33)19-10-11-21-23(14-19)34-25(31)29(21)15-17-5-2-3-6-20(17)26/h2-3,5-6,8-11,13-14,27H,4,7,12,15H2,1H3. The van der Waals surface area contributed by atoms with Crippen molar-refractivity contribution < 1.29 is 13.2 Å². The van der Waals surface area contributed by atoms with Crippen molar-refractivity contribution in [1.82, 2.24) is 4.57 Å². The number of nitrogens with zero attached hydrogens (tertiary/aromatic N) is 2. The number of rotatable bonds is 6. The first-order chi connectivity index (χ1) is 16.7. The molecular formula is C25H22ClN3O4S2. The molecule has 0 saturated carbocycles. The Morgan fingerprint density at radius 2 is 1.86 bits per heavy atom. The number of anilines is 2. The van der Waals surface area contributed by atoms with E-state index in [9.17, 15) is 18.0 Å². The van der Waals surface area contributed by atoms with Crippen LogP contribution in [0.25, 0.3) is 10.2 Å². The van der Waals surface area contributed by atoms with Gasteiger partial charge in [-0.05, 0) is 60.9 Å². The molecule has 4 aromatic rings. The SMILES string of the molecule is Cc1ccc(NS(=O)(=O)c2ccc3c(c2)sc(=O)n3Cc2ccccc2Cl)cc1N1CCCC1=O. The zero-order chi connectivity index (χ0) is 24.7. The quantitative estimate of drug-likeness (QED) is 0.382. The van der Waals surface area contributed by atoms with Crippen molar-refractivity contribution in [3.05, 3.63) is 86.5 Å². The van der Waals surface area contributed by atoms with E-state index in [0.29, 0.717) is 46.1 Å². The monoisotopic (exact) mass is 527 g/mol. The van der Waals surface area contributed by atoms with E-state index in [1.54, 1.807) is 39.8 Å². The third-order valence-corrected chi connectivity index (χ3v) is 8.75. The van der Waals surface area contributed by atoms with Crippen molar-refractivity contribution in [3.8, 4) is 0 Å². The van der Waals surface area contributed by atoms with Gasteiger partial charge < -0.3 is 4.90 Å². The highest BCUT2D eigenvalue weighted by atomic mass is 35.5. The van der Waals surface area contributed by atoms with Crippen LogP contribution in [0.2, 0.25) is 5.02 Å². The Morgan fingerprint density at radius 1 is 1.06 bits per heavy atom. The molecule has 0 atom stereocenters. The van der Waals surface area contributed by atoms with E-state index < -0.39 is 10.0 Å². The highest BCUT2D eigenvalue weighted by Gasteiger charge is 2.24. The molecule has 0 spiro atoms. The molecule has 0 unspecified atom stereocenters. The summed E-state index contributed by atoms with van der Waals surface area (Å²) in [4.78, 5) is 26.4. The average molecular weight is 528 g/mol. The maximum Gasteiger partial charge on any atom is 0.308 e. The van der Waals surface area contributed by atoms with Crippen LogP contribution in [-0.4, -0.2) is 25.4 Å². The van der Waals surface area contributed by atoms with E-state index in [-0.39, 0.29) is 15.7 Å². The minimum atomic E-state index is -3.92. The van der Waals surface area contributed by atoms with Crippen molar-refractivity contribution >= 4 is 60.5 Å². The van der Waals surface area contributed by atoms with Gasteiger partial charge in [0.15, 0.2) is 0 Å². The van der Waals surface area contributed by atoms with Crippen LogP contribution in [0, 0.1) is 6.92 Å². The highest BCUT2D eigenvalue weighted by molar-refractivity contribution is 7.92. The number of aromatic nitrogens is 1. The second kappa shape index (κ2) is 9.14. The molecule has 1 aromatic heterocycles. The van der Waals surface area contributed by atoms with E-state index in [0.717, 1.165) is 28.9 Å². The summed E-state index contributed by atoms with van der Waals surface area (Å²) in [7, 11) is -3.92. The second-order valence-corrected chi connectivity index (χ2v) is 11.5. The van der Waals surface area contributed by atoms with Crippen LogP contribution in [0.15, 0.2) is 70.4 Å². The van der Waals surface area contributed by atoms with Crippen molar-refractivity contribution in [2.24, 2.45) is 0 Å². The summed E-state index contributed by atoms with van der Waals surface area (Å²) < 4.78 is 31.1. The molecule has 1 fully saturated rings. The summed E-state index contributed by atoms with van der Waals surface area (Å²) in [5.74, 6) is 0.0368. The molecule has 10 heteroatoms. The summed E-state index contributed by atoms with van der Waals surface area (Å²) in [6.07, 6.45) is 1.28. The summed E-state index contributed by atoms with van der Waals surface area (Å²) in [5.41, 5.74) is 3.42. The lowest BCUT2D eigenvalue weighted by Crippen LogP contribution is -2.24. The maximum absolute atomic E-state index is 13.2. The molecule has 2 heterocycles. The van der Waals surface area contributed by atoms with E-state index in [1.165, 1.54) is 12.1 Å². The number of halogens is 1. The van der Waals surface area contributed by atoms with Gasteiger partial charge in [0.2, 0.25) is 5.91 Å². The molecule has 0 radical (unpaired) electrons. The number of benzene rings is 3. The molecule has 1 amide bonds. The van der Waals surface area contributed by atoms with E-state index >= 15 is 0 Å². The van der Waals surface area contributed by atoms with Gasteiger partial charge >= 0.3 is 4.87 Å². The van der Waals surface area contributed by atoms with Gasteiger partial charge in [-0.1, -0.05) is 47.2 Å². The fraction of sp³-hybridized carbons (Fsp3) is 0.200. The number of amides is 1. The Balaban J connectivity index is 1.45. The van der Waals surface area contributed by atoms with Gasteiger partial charge in [-0.3, -0.25) is 18.9 Å². The van der Waals surface area contributed by atoms with E-state index in [1.807, 2.05) is 25.1 Å². The van der Waals surface area contributed by atoms with Gasteiger partial charge in [0.25, 0.3) is 10.0 Å². The largest absolute Gasteiger partial charge is 0.312 e. The number of hydrogen-bond acceptors (Lipinski definition) is 5. The molecule has 7 nitrogen and oxygen atoms in total. The number of nitrogens with one attached hydrogen (secondary N) is 1. The fourth-order valence-electron chi connectivity index (χ4n) is 4.24. The second-order valence-electron chi connectivity index (χ2n) is 8.43. The van der Waals surface area contributed by atoms with Crippen LogP contribution in [-0.2, 0) is 21.4 Å². The lowest BCUT2D eigenvalue weighted by atomic mass is 10.1. The zero-order valence-electron chi connectivity index (χ0n) is 18.8. The smallest absolute Gasteiger partial charge is 0.308 e. The number of sulfonamides is 1. The molecule has 180 valence electrons. The zero-order valence-corrected chi connectivity index (χ0v) is 21.2. The highest BCUT2D eigenvalue weighted by Crippen LogP contribution is 2.30. The predicted octanol–water partition coefficient (Wildman–Crippen LogP) is 5.00. The molecule has 5 rings (SSSR count). The molecule has 35 heavy (non-hydrogen) atoms. The molecule has 1 aliphatic heterocycles. The topological polar surface area (TPSA) is 88.5 Å². The van der Waals surface area contributed by atoms with Gasteiger partial charge in [0.1, 0.15) is 0 Å². The van der Waals surface area contributed by atoms with Gasteiger partial charge in [-0.15, -0.1) is 0 Å². The Kier molecular flexibility index (Phi) is 6.16. The predicted molar refractivity (Wildman–Crippen MR) is 140 cm³/mol. The Labute approximate surface area is 211 Å². The maximum atomic E-state index is 13.2. The number of fused-ring (bicyclic) bond motifs is 1. The van der Waals surface area contributed by atoms with E-state index in [2.05, 4.69) is 4.72 Å². The minimum Gasteiger partial charge on any atom is -0.312 e. The molecule has 1 aliphatic rings. The lowest BCUT2D eigenvalue weighted by molar-refractivity contribution is -0.117. The van der Waals surface area contributed by atoms with Crippen molar-refractivity contribution in [3.63, 3.8) is 0 Å². The van der Waals surface area contributed by atoms with Crippen molar-refractivity contribution in [2.45, 2.75) is 31.2 Å². The van der Waals surface area contributed by atoms with Gasteiger partial charge in [0.05, 0.1) is 27.3 Å². The van der Waals surface area contributed by atoms with Crippen LogP contribution < -0.4 is 14.5 Å². The number of carbonyl (C=O) groups excluding carboxylic acids is 1. The van der Waals surface area contributed by atoms with Gasteiger partial charge in [-0.25, -0.2) is 8.42 Å².